The molecule has 2 unspecified atom stereocenters. The normalized spacial score (nSPS) is 22.8. The zero-order chi connectivity index (χ0) is 11.8. The fourth-order valence-electron chi connectivity index (χ4n) is 1.60. The number of nitrogens with one attached hydrogen (secondary N) is 2. The minimum absolute atomic E-state index is 0.0314. The summed E-state index contributed by atoms with van der Waals surface area (Å²) >= 11 is 1.86. The van der Waals surface area contributed by atoms with Crippen molar-refractivity contribution in [3.8, 4) is 0 Å². The Labute approximate surface area is 100 Å². The van der Waals surface area contributed by atoms with Crippen molar-refractivity contribution in [2.75, 3.05) is 38.4 Å². The van der Waals surface area contributed by atoms with Crippen LogP contribution in [-0.4, -0.2) is 61.5 Å². The van der Waals surface area contributed by atoms with Gasteiger partial charge < -0.3 is 20.5 Å². The maximum Gasteiger partial charge on any atom is 0.221 e. The molecule has 0 aromatic rings. The molecule has 1 heterocycles. The molecule has 1 aliphatic rings. The Balaban J connectivity index is 2.22. The Hall–Kier alpha value is -0.300. The molecule has 3 N–H and O–H groups in total. The summed E-state index contributed by atoms with van der Waals surface area (Å²) < 4.78 is 4.89. The summed E-state index contributed by atoms with van der Waals surface area (Å²) in [7, 11) is 1.55. The zero-order valence-corrected chi connectivity index (χ0v) is 10.4. The highest BCUT2D eigenvalue weighted by Crippen LogP contribution is 2.09. The van der Waals surface area contributed by atoms with E-state index in [4.69, 9.17) is 9.84 Å². The third-order valence-corrected chi connectivity index (χ3v) is 3.51. The van der Waals surface area contributed by atoms with Crippen molar-refractivity contribution in [1.82, 2.24) is 10.6 Å². The van der Waals surface area contributed by atoms with Crippen molar-refractivity contribution in [1.29, 1.82) is 0 Å². The summed E-state index contributed by atoms with van der Waals surface area (Å²) in [6, 6.07) is -0.0469. The summed E-state index contributed by atoms with van der Waals surface area (Å²) in [5.74, 6) is 2.05. The molecule has 1 aliphatic heterocycles. The van der Waals surface area contributed by atoms with Gasteiger partial charge in [-0.15, -0.1) is 0 Å². The van der Waals surface area contributed by atoms with Crippen LogP contribution in [0.1, 0.15) is 6.42 Å². The summed E-state index contributed by atoms with van der Waals surface area (Å²) in [5.41, 5.74) is 0. The highest BCUT2D eigenvalue weighted by molar-refractivity contribution is 7.99. The van der Waals surface area contributed by atoms with Gasteiger partial charge in [-0.1, -0.05) is 0 Å². The van der Waals surface area contributed by atoms with E-state index < -0.39 is 0 Å². The van der Waals surface area contributed by atoms with Crippen LogP contribution < -0.4 is 10.6 Å². The monoisotopic (exact) mass is 248 g/mol. The average molecular weight is 248 g/mol. The van der Waals surface area contributed by atoms with E-state index in [-0.39, 0.29) is 24.6 Å². The molecule has 0 aromatic carbocycles. The number of carbonyl (C=O) groups is 1. The molecule has 0 saturated carbocycles. The predicted octanol–water partition coefficient (Wildman–Crippen LogP) is -0.795. The van der Waals surface area contributed by atoms with Crippen molar-refractivity contribution in [3.63, 3.8) is 0 Å². The van der Waals surface area contributed by atoms with Crippen LogP contribution in [0.25, 0.3) is 0 Å². The van der Waals surface area contributed by atoms with Gasteiger partial charge in [0.15, 0.2) is 0 Å². The van der Waals surface area contributed by atoms with E-state index in [1.54, 1.807) is 7.11 Å². The molecule has 94 valence electrons. The number of hydrogen-bond donors (Lipinski definition) is 3. The first-order chi connectivity index (χ1) is 7.76. The molecule has 1 saturated heterocycles. The molecule has 0 spiro atoms. The summed E-state index contributed by atoms with van der Waals surface area (Å²) in [5, 5.41) is 15.0. The van der Waals surface area contributed by atoms with Gasteiger partial charge in [-0.2, -0.15) is 11.8 Å². The standard InChI is InChI=1S/C10H20N2O3S/c1-15-6-9(5-13)12-10(14)4-8-7-16-3-2-11-8/h8-9,11,13H,2-7H2,1H3,(H,12,14). The number of methoxy groups -OCH3 is 1. The molecule has 0 radical (unpaired) electrons. The number of aliphatic hydroxyl groups is 1. The lowest BCUT2D eigenvalue weighted by molar-refractivity contribution is -0.122. The molecule has 1 amide bonds. The smallest absolute Gasteiger partial charge is 0.221 e. The van der Waals surface area contributed by atoms with E-state index in [2.05, 4.69) is 10.6 Å². The second kappa shape index (κ2) is 7.89. The van der Waals surface area contributed by atoms with E-state index in [1.807, 2.05) is 11.8 Å². The Morgan fingerprint density at radius 2 is 2.56 bits per heavy atom. The summed E-state index contributed by atoms with van der Waals surface area (Å²) in [4.78, 5) is 11.6. The molecule has 1 fully saturated rings. The van der Waals surface area contributed by atoms with Crippen LogP contribution in [0.3, 0.4) is 0 Å². The molecule has 0 bridgehead atoms. The van der Waals surface area contributed by atoms with Gasteiger partial charge in [0, 0.05) is 37.6 Å². The third-order valence-electron chi connectivity index (χ3n) is 2.38. The lowest BCUT2D eigenvalue weighted by Gasteiger charge is -2.23. The fraction of sp³-hybridized carbons (Fsp3) is 0.900. The number of thioether (sulfide) groups is 1. The Morgan fingerprint density at radius 1 is 1.75 bits per heavy atom. The molecule has 6 heteroatoms. The predicted molar refractivity (Wildman–Crippen MR) is 64.6 cm³/mol. The molecule has 16 heavy (non-hydrogen) atoms. The highest BCUT2D eigenvalue weighted by atomic mass is 32.2. The fourth-order valence-corrected chi connectivity index (χ4v) is 2.55. The van der Waals surface area contributed by atoms with Gasteiger partial charge in [-0.05, 0) is 0 Å². The Bertz CT molecular complexity index is 201. The molecule has 5 nitrogen and oxygen atoms in total. The number of carbonyl (C=O) groups excluding carboxylic acids is 1. The van der Waals surface area contributed by atoms with Crippen molar-refractivity contribution < 1.29 is 14.6 Å². The average Bonchev–Trinajstić information content (AvgIpc) is 2.29. The molecular formula is C10H20N2O3S. The molecule has 1 rings (SSSR count). The van der Waals surface area contributed by atoms with Gasteiger partial charge >= 0.3 is 0 Å². The van der Waals surface area contributed by atoms with Gasteiger partial charge in [0.05, 0.1) is 19.3 Å². The lowest BCUT2D eigenvalue weighted by atomic mass is 10.2. The van der Waals surface area contributed by atoms with Crippen LogP contribution >= 0.6 is 11.8 Å². The first-order valence-corrected chi connectivity index (χ1v) is 6.62. The van der Waals surface area contributed by atoms with Crippen LogP contribution in [0.15, 0.2) is 0 Å². The van der Waals surface area contributed by atoms with Gasteiger partial charge in [-0.3, -0.25) is 4.79 Å². The lowest BCUT2D eigenvalue weighted by Crippen LogP contribution is -2.45. The van der Waals surface area contributed by atoms with Crippen molar-refractivity contribution in [3.05, 3.63) is 0 Å². The highest BCUT2D eigenvalue weighted by Gasteiger charge is 2.18. The molecular weight excluding hydrogens is 228 g/mol. The second-order valence-electron chi connectivity index (χ2n) is 3.83. The number of ether oxygens (including phenoxy) is 1. The van der Waals surface area contributed by atoms with E-state index >= 15 is 0 Å². The zero-order valence-electron chi connectivity index (χ0n) is 9.57. The minimum atomic E-state index is -0.297. The quantitative estimate of drug-likeness (QED) is 0.574. The summed E-state index contributed by atoms with van der Waals surface area (Å²) in [6.45, 7) is 1.21. The molecule has 0 aliphatic carbocycles. The van der Waals surface area contributed by atoms with E-state index in [0.29, 0.717) is 13.0 Å². The van der Waals surface area contributed by atoms with Crippen LogP contribution in [-0.2, 0) is 9.53 Å². The van der Waals surface area contributed by atoms with Gasteiger partial charge in [0.1, 0.15) is 0 Å². The first-order valence-electron chi connectivity index (χ1n) is 5.46. The minimum Gasteiger partial charge on any atom is -0.394 e. The van der Waals surface area contributed by atoms with Gasteiger partial charge in [-0.25, -0.2) is 0 Å². The number of rotatable bonds is 6. The van der Waals surface area contributed by atoms with Gasteiger partial charge in [0.2, 0.25) is 5.91 Å². The Kier molecular flexibility index (Phi) is 6.79. The van der Waals surface area contributed by atoms with Crippen molar-refractivity contribution in [2.45, 2.75) is 18.5 Å². The van der Waals surface area contributed by atoms with E-state index in [0.717, 1.165) is 18.1 Å². The topological polar surface area (TPSA) is 70.6 Å². The van der Waals surface area contributed by atoms with Crippen LogP contribution in [0.2, 0.25) is 0 Å². The first kappa shape index (κ1) is 13.8. The SMILES string of the molecule is COCC(CO)NC(=O)CC1CSCCN1. The summed E-state index contributed by atoms with van der Waals surface area (Å²) in [6.07, 6.45) is 0.465. The maximum atomic E-state index is 11.6. The second-order valence-corrected chi connectivity index (χ2v) is 4.98. The Morgan fingerprint density at radius 3 is 3.12 bits per heavy atom. The number of hydrogen-bond acceptors (Lipinski definition) is 5. The molecule has 2 atom stereocenters. The maximum absolute atomic E-state index is 11.6. The van der Waals surface area contributed by atoms with Gasteiger partial charge in [0.25, 0.3) is 0 Å². The largest absolute Gasteiger partial charge is 0.394 e. The van der Waals surface area contributed by atoms with E-state index in [1.165, 1.54) is 0 Å². The van der Waals surface area contributed by atoms with Crippen LogP contribution in [0.4, 0.5) is 0 Å². The van der Waals surface area contributed by atoms with Crippen molar-refractivity contribution >= 4 is 17.7 Å². The van der Waals surface area contributed by atoms with Crippen LogP contribution in [0, 0.1) is 0 Å². The number of aliphatic hydroxyl groups excluding tert-OH is 1. The van der Waals surface area contributed by atoms with Crippen molar-refractivity contribution in [2.24, 2.45) is 0 Å². The van der Waals surface area contributed by atoms with E-state index in [9.17, 15) is 4.79 Å². The third kappa shape index (κ3) is 5.16. The van der Waals surface area contributed by atoms with Crippen LogP contribution in [0.5, 0.6) is 0 Å². The molecule has 0 aromatic heterocycles. The number of amides is 1.